The maximum atomic E-state index is 11.6. The molecule has 0 aliphatic heterocycles. The highest BCUT2D eigenvalue weighted by Crippen LogP contribution is 2.41. The lowest BCUT2D eigenvalue weighted by atomic mass is 10.3. The van der Waals surface area contributed by atoms with E-state index in [0.717, 1.165) is 0 Å². The Morgan fingerprint density at radius 3 is 1.55 bits per heavy atom. The highest BCUT2D eigenvalue weighted by atomic mass is 19.4. The predicted molar refractivity (Wildman–Crippen MR) is 20.9 cm³/mol. The van der Waals surface area contributed by atoms with Crippen molar-refractivity contribution in [3.63, 3.8) is 0 Å². The first-order chi connectivity index (χ1) is 4.73. The summed E-state index contributed by atoms with van der Waals surface area (Å²) in [5, 5.41) is 9.21. The van der Waals surface area contributed by atoms with Crippen LogP contribution in [0.3, 0.4) is 0 Å². The first kappa shape index (κ1) is 10.1. The van der Waals surface area contributed by atoms with E-state index in [2.05, 4.69) is 0 Å². The smallest absolute Gasteiger partial charge is 0.295 e. The van der Waals surface area contributed by atoms with E-state index in [1.807, 2.05) is 0 Å². The Balaban J connectivity index is 4.74. The first-order valence-electron chi connectivity index (χ1n) is 2.16. The van der Waals surface area contributed by atoms with Crippen molar-refractivity contribution in [2.24, 2.45) is 0 Å². The molecule has 0 fully saturated rings. The van der Waals surface area contributed by atoms with Crippen LogP contribution >= 0.6 is 0 Å². The number of halogens is 6. The van der Waals surface area contributed by atoms with E-state index in [9.17, 15) is 31.4 Å². The van der Waals surface area contributed by atoms with Crippen molar-refractivity contribution < 1.29 is 31.4 Å². The van der Waals surface area contributed by atoms with Gasteiger partial charge in [-0.25, -0.2) is 4.39 Å². The second-order valence-electron chi connectivity index (χ2n) is 1.54. The van der Waals surface area contributed by atoms with Crippen LogP contribution < -0.4 is 0 Å². The third-order valence-electron chi connectivity index (χ3n) is 0.759. The minimum atomic E-state index is -6.06. The van der Waals surface area contributed by atoms with E-state index >= 15 is 0 Å². The highest BCUT2D eigenvalue weighted by Gasteiger charge is 2.61. The Bertz CT molecular complexity index is 168. The summed E-state index contributed by atoms with van der Waals surface area (Å²) in [5.41, 5.74) is 0. The summed E-state index contributed by atoms with van der Waals surface area (Å²) >= 11 is 0. The van der Waals surface area contributed by atoms with Gasteiger partial charge < -0.3 is 0 Å². The van der Waals surface area contributed by atoms with Gasteiger partial charge in [0, 0.05) is 0 Å². The normalized spacial score (nSPS) is 15.3. The molecule has 1 nitrogen and oxygen atoms in total. The monoisotopic (exact) mass is 179 g/mol. The molecular weight excluding hydrogens is 178 g/mol. The van der Waals surface area contributed by atoms with E-state index in [1.54, 1.807) is 0 Å². The van der Waals surface area contributed by atoms with E-state index < -0.39 is 24.2 Å². The van der Waals surface area contributed by atoms with Gasteiger partial charge in [0.2, 0.25) is 5.83 Å². The van der Waals surface area contributed by atoms with Crippen LogP contribution in [0.1, 0.15) is 0 Å². The molecule has 0 unspecified atom stereocenters. The Morgan fingerprint density at radius 2 is 1.45 bits per heavy atom. The van der Waals surface area contributed by atoms with Crippen LogP contribution in [0, 0.1) is 0 Å². The zero-order valence-electron chi connectivity index (χ0n) is 4.75. The van der Waals surface area contributed by atoms with Gasteiger partial charge in [0.15, 0.2) is 6.26 Å². The minimum Gasteiger partial charge on any atom is -0.295 e. The summed E-state index contributed by atoms with van der Waals surface area (Å²) < 4.78 is 67.9. The lowest BCUT2D eigenvalue weighted by molar-refractivity contribution is -0.271. The Hall–Kier alpha value is -0.880. The minimum absolute atomic E-state index is 1.17. The fraction of sp³-hybridized carbons (Fsp3) is 0.500. The van der Waals surface area contributed by atoms with Crippen molar-refractivity contribution >= 4 is 0 Å². The maximum absolute atomic E-state index is 11.6. The van der Waals surface area contributed by atoms with E-state index in [1.165, 1.54) is 0 Å². The van der Waals surface area contributed by atoms with Gasteiger partial charge in [0.25, 0.3) is 0 Å². The Kier molecular flexibility index (Phi) is 2.42. The van der Waals surface area contributed by atoms with Crippen LogP contribution in [0.2, 0.25) is 0 Å². The summed E-state index contributed by atoms with van der Waals surface area (Å²) in [4.78, 5) is 0. The van der Waals surface area contributed by atoms with Gasteiger partial charge >= 0.3 is 12.1 Å². The van der Waals surface area contributed by atoms with Crippen molar-refractivity contribution in [3.05, 3.63) is 12.1 Å². The van der Waals surface area contributed by atoms with Crippen LogP contribution in [-0.2, 0) is 5.11 Å². The zero-order chi connectivity index (χ0) is 9.28. The molecule has 11 heavy (non-hydrogen) atoms. The molecule has 0 aromatic carbocycles. The SMILES string of the molecule is [O]C=C(F)C(F)(F)C(F)(F)F. The number of rotatable bonds is 1. The third-order valence-corrected chi connectivity index (χ3v) is 0.759. The number of alkyl halides is 5. The predicted octanol–water partition coefficient (Wildman–Crippen LogP) is 2.43. The molecule has 0 aromatic rings. The summed E-state index contributed by atoms with van der Waals surface area (Å²) in [6.07, 6.45) is -7.23. The molecule has 0 aliphatic rings. The van der Waals surface area contributed by atoms with Crippen LogP contribution in [0.15, 0.2) is 12.1 Å². The molecule has 7 heteroatoms. The van der Waals surface area contributed by atoms with E-state index in [-0.39, 0.29) is 0 Å². The quantitative estimate of drug-likeness (QED) is 0.435. The van der Waals surface area contributed by atoms with Crippen molar-refractivity contribution in [1.82, 2.24) is 0 Å². The number of allylic oxidation sites excluding steroid dienone is 1. The second kappa shape index (κ2) is 2.63. The Morgan fingerprint density at radius 1 is 1.09 bits per heavy atom. The van der Waals surface area contributed by atoms with Gasteiger partial charge in [-0.1, -0.05) is 0 Å². The molecule has 1 radical (unpaired) electrons. The van der Waals surface area contributed by atoms with Gasteiger partial charge in [-0.2, -0.15) is 22.0 Å². The standard InChI is InChI=1S/C4HF6O/c5-2(1-11)3(6,7)4(8,9)10/h1H. The van der Waals surface area contributed by atoms with Gasteiger partial charge in [0.1, 0.15) is 0 Å². The van der Waals surface area contributed by atoms with Crippen LogP contribution in [0.25, 0.3) is 0 Å². The topological polar surface area (TPSA) is 19.9 Å². The summed E-state index contributed by atoms with van der Waals surface area (Å²) in [7, 11) is 0. The van der Waals surface area contributed by atoms with Gasteiger partial charge in [-0.05, 0) is 0 Å². The van der Waals surface area contributed by atoms with E-state index in [0.29, 0.717) is 0 Å². The lowest BCUT2D eigenvalue weighted by Gasteiger charge is -2.15. The molecule has 0 saturated carbocycles. The highest BCUT2D eigenvalue weighted by molar-refractivity contribution is 5.04. The van der Waals surface area contributed by atoms with Crippen LogP contribution in [-0.4, -0.2) is 12.1 Å². The third kappa shape index (κ3) is 1.78. The molecule has 0 aromatic heterocycles. The maximum Gasteiger partial charge on any atom is 0.460 e. The molecule has 0 heterocycles. The molecule has 0 spiro atoms. The van der Waals surface area contributed by atoms with Gasteiger partial charge in [0.05, 0.1) is 0 Å². The summed E-state index contributed by atoms with van der Waals surface area (Å²) in [6.45, 7) is 0. The fourth-order valence-corrected chi connectivity index (χ4v) is 0.209. The van der Waals surface area contributed by atoms with Crippen molar-refractivity contribution in [1.29, 1.82) is 0 Å². The van der Waals surface area contributed by atoms with Crippen molar-refractivity contribution in [3.8, 4) is 0 Å². The molecule has 0 aliphatic carbocycles. The summed E-state index contributed by atoms with van der Waals surface area (Å²) in [6, 6.07) is 0. The second-order valence-corrected chi connectivity index (χ2v) is 1.54. The average Bonchev–Trinajstić information content (AvgIpc) is 1.83. The molecule has 0 rings (SSSR count). The first-order valence-corrected chi connectivity index (χ1v) is 2.16. The van der Waals surface area contributed by atoms with Gasteiger partial charge in [-0.3, -0.25) is 5.11 Å². The molecule has 0 bridgehead atoms. The fourth-order valence-electron chi connectivity index (χ4n) is 0.209. The molecule has 0 N–H and O–H groups in total. The molecular formula is C4HF6O. The largest absolute Gasteiger partial charge is 0.460 e. The zero-order valence-corrected chi connectivity index (χ0v) is 4.75. The number of hydrogen-bond acceptors (Lipinski definition) is 0. The molecule has 0 atom stereocenters. The van der Waals surface area contributed by atoms with E-state index in [4.69, 9.17) is 0 Å². The summed E-state index contributed by atoms with van der Waals surface area (Å²) in [5.74, 6) is -8.71. The molecule has 65 valence electrons. The number of hydrogen-bond donors (Lipinski definition) is 0. The van der Waals surface area contributed by atoms with Crippen LogP contribution in [0.4, 0.5) is 26.3 Å². The average molecular weight is 179 g/mol. The van der Waals surface area contributed by atoms with Crippen molar-refractivity contribution in [2.75, 3.05) is 0 Å². The lowest BCUT2D eigenvalue weighted by Crippen LogP contribution is -2.36. The van der Waals surface area contributed by atoms with Crippen molar-refractivity contribution in [2.45, 2.75) is 12.1 Å². The van der Waals surface area contributed by atoms with Gasteiger partial charge in [-0.15, -0.1) is 0 Å². The van der Waals surface area contributed by atoms with Crippen LogP contribution in [0.5, 0.6) is 0 Å². The Labute approximate surface area is 56.9 Å². The molecule has 0 saturated heterocycles. The molecule has 0 amide bonds.